The number of hydrogen-bond donors (Lipinski definition) is 1. The average molecular weight is 317 g/mol. The largest absolute Gasteiger partial charge is 0.444 e. The van der Waals surface area contributed by atoms with Crippen LogP contribution in [0.4, 0.5) is 10.6 Å². The molecule has 0 fully saturated rings. The molecule has 23 heavy (non-hydrogen) atoms. The number of aromatic nitrogens is 2. The lowest BCUT2D eigenvalue weighted by molar-refractivity contribution is 0.112. The number of aldehydes is 1. The van der Waals surface area contributed by atoms with Gasteiger partial charge in [-0.25, -0.2) is 9.59 Å². The van der Waals surface area contributed by atoms with E-state index < -0.39 is 17.3 Å². The first kappa shape index (κ1) is 16.2. The molecule has 8 heteroatoms. The number of nitrogens with zero attached hydrogens (tertiary/aromatic N) is 2. The Bertz CT molecular complexity index is 852. The minimum absolute atomic E-state index is 0.0158. The molecule has 2 aromatic rings. The normalized spacial score (nSPS) is 10.2. The Morgan fingerprint density at radius 2 is 1.83 bits per heavy atom. The van der Waals surface area contributed by atoms with E-state index in [0.29, 0.717) is 0 Å². The van der Waals surface area contributed by atoms with Crippen LogP contribution in [-0.4, -0.2) is 21.5 Å². The third-order valence-electron chi connectivity index (χ3n) is 3.25. The van der Waals surface area contributed by atoms with Gasteiger partial charge in [0.1, 0.15) is 18.0 Å². The van der Waals surface area contributed by atoms with Crippen molar-refractivity contribution in [3.8, 4) is 0 Å². The second-order valence-corrected chi connectivity index (χ2v) is 4.77. The van der Waals surface area contributed by atoms with Crippen LogP contribution in [0.5, 0.6) is 0 Å². The van der Waals surface area contributed by atoms with Crippen LogP contribution >= 0.6 is 0 Å². The number of anilines is 1. The number of amides is 1. The van der Waals surface area contributed by atoms with Crippen molar-refractivity contribution in [2.24, 2.45) is 14.1 Å². The molecule has 1 amide bonds. The fourth-order valence-electron chi connectivity index (χ4n) is 1.98. The number of hydrogen-bond acceptors (Lipinski definition) is 5. The Kier molecular flexibility index (Phi) is 4.75. The van der Waals surface area contributed by atoms with Crippen molar-refractivity contribution in [3.05, 3.63) is 62.3 Å². The Labute approximate surface area is 130 Å². The first-order valence-corrected chi connectivity index (χ1v) is 6.68. The summed E-state index contributed by atoms with van der Waals surface area (Å²) >= 11 is 0. The molecule has 0 saturated carbocycles. The molecular formula is C15H15N3O5. The zero-order valence-corrected chi connectivity index (χ0v) is 12.6. The molecule has 0 spiro atoms. The van der Waals surface area contributed by atoms with Crippen molar-refractivity contribution in [3.63, 3.8) is 0 Å². The van der Waals surface area contributed by atoms with Crippen LogP contribution in [0.3, 0.4) is 0 Å². The molecule has 2 rings (SSSR count). The third-order valence-corrected chi connectivity index (χ3v) is 3.25. The summed E-state index contributed by atoms with van der Waals surface area (Å²) in [5.41, 5.74) is -1.01. The highest BCUT2D eigenvalue weighted by molar-refractivity contribution is 5.91. The molecule has 0 atom stereocenters. The van der Waals surface area contributed by atoms with Crippen molar-refractivity contribution in [1.82, 2.24) is 9.13 Å². The molecule has 0 aliphatic heterocycles. The van der Waals surface area contributed by atoms with Gasteiger partial charge in [-0.15, -0.1) is 0 Å². The average Bonchev–Trinajstić information content (AvgIpc) is 2.57. The predicted octanol–water partition coefficient (Wildman–Crippen LogP) is 0.645. The highest BCUT2D eigenvalue weighted by Gasteiger charge is 2.17. The van der Waals surface area contributed by atoms with E-state index in [-0.39, 0.29) is 24.3 Å². The van der Waals surface area contributed by atoms with Crippen molar-refractivity contribution in [2.75, 3.05) is 5.32 Å². The van der Waals surface area contributed by atoms with E-state index in [2.05, 4.69) is 5.32 Å². The molecule has 120 valence electrons. The Morgan fingerprint density at radius 1 is 1.17 bits per heavy atom. The van der Waals surface area contributed by atoms with E-state index in [4.69, 9.17) is 4.74 Å². The van der Waals surface area contributed by atoms with Gasteiger partial charge in [0.05, 0.1) is 0 Å². The lowest BCUT2D eigenvalue weighted by atomic mass is 10.2. The second kappa shape index (κ2) is 6.73. The minimum Gasteiger partial charge on any atom is -0.444 e. The molecule has 1 aromatic carbocycles. The van der Waals surface area contributed by atoms with Crippen molar-refractivity contribution >= 4 is 18.2 Å². The van der Waals surface area contributed by atoms with Gasteiger partial charge in [-0.3, -0.25) is 24.0 Å². The summed E-state index contributed by atoms with van der Waals surface area (Å²) in [6.07, 6.45) is -0.589. The lowest BCUT2D eigenvalue weighted by Gasteiger charge is -2.13. The monoisotopic (exact) mass is 317 g/mol. The summed E-state index contributed by atoms with van der Waals surface area (Å²) in [6.45, 7) is 0.0158. The van der Waals surface area contributed by atoms with Crippen LogP contribution in [0, 0.1) is 0 Å². The summed E-state index contributed by atoms with van der Waals surface area (Å²) in [7, 11) is 2.58. The summed E-state index contributed by atoms with van der Waals surface area (Å²) in [5.74, 6) is -0.203. The van der Waals surface area contributed by atoms with Gasteiger partial charge in [0.2, 0.25) is 0 Å². The van der Waals surface area contributed by atoms with Gasteiger partial charge in [0.25, 0.3) is 5.56 Å². The van der Waals surface area contributed by atoms with Crippen molar-refractivity contribution in [2.45, 2.75) is 6.61 Å². The smallest absolute Gasteiger partial charge is 0.413 e. The van der Waals surface area contributed by atoms with Gasteiger partial charge in [-0.1, -0.05) is 30.3 Å². The fraction of sp³-hybridized carbons (Fsp3) is 0.200. The molecule has 0 radical (unpaired) electrons. The highest BCUT2D eigenvalue weighted by Crippen LogP contribution is 2.08. The first-order chi connectivity index (χ1) is 11.0. The van der Waals surface area contributed by atoms with Gasteiger partial charge in [-0.05, 0) is 5.56 Å². The quantitative estimate of drug-likeness (QED) is 0.834. The van der Waals surface area contributed by atoms with E-state index in [0.717, 1.165) is 14.7 Å². The maximum atomic E-state index is 11.9. The predicted molar refractivity (Wildman–Crippen MR) is 82.6 cm³/mol. The zero-order chi connectivity index (χ0) is 17.0. The second-order valence-electron chi connectivity index (χ2n) is 4.77. The molecule has 0 saturated heterocycles. The minimum atomic E-state index is -0.875. The molecule has 0 unspecified atom stereocenters. The maximum absolute atomic E-state index is 11.9. The lowest BCUT2D eigenvalue weighted by Crippen LogP contribution is -2.41. The third kappa shape index (κ3) is 3.37. The van der Waals surface area contributed by atoms with Crippen LogP contribution in [0.15, 0.2) is 39.9 Å². The Balaban J connectivity index is 2.23. The number of carbonyl (C=O) groups is 2. The van der Waals surface area contributed by atoms with Crippen molar-refractivity contribution in [1.29, 1.82) is 0 Å². The molecule has 1 heterocycles. The van der Waals surface area contributed by atoms with Crippen LogP contribution < -0.4 is 16.6 Å². The summed E-state index contributed by atoms with van der Waals surface area (Å²) in [4.78, 5) is 46.7. The first-order valence-electron chi connectivity index (χ1n) is 6.68. The summed E-state index contributed by atoms with van der Waals surface area (Å²) < 4.78 is 6.78. The van der Waals surface area contributed by atoms with Gasteiger partial charge < -0.3 is 4.74 Å². The van der Waals surface area contributed by atoms with E-state index in [1.165, 1.54) is 14.1 Å². The Hall–Kier alpha value is -3.16. The number of carbonyl (C=O) groups excluding carboxylic acids is 2. The molecule has 1 aromatic heterocycles. The van der Waals surface area contributed by atoms with Gasteiger partial charge >= 0.3 is 11.8 Å². The van der Waals surface area contributed by atoms with Gasteiger partial charge in [0, 0.05) is 14.1 Å². The summed E-state index contributed by atoms with van der Waals surface area (Å²) in [6, 6.07) is 8.98. The zero-order valence-electron chi connectivity index (χ0n) is 12.6. The van der Waals surface area contributed by atoms with Gasteiger partial charge in [0.15, 0.2) is 6.29 Å². The Morgan fingerprint density at radius 3 is 2.43 bits per heavy atom. The number of rotatable bonds is 4. The molecular weight excluding hydrogens is 302 g/mol. The van der Waals surface area contributed by atoms with Crippen molar-refractivity contribution < 1.29 is 14.3 Å². The molecule has 8 nitrogen and oxygen atoms in total. The molecule has 0 aliphatic carbocycles. The van der Waals surface area contributed by atoms with Crippen LogP contribution in [0.2, 0.25) is 0 Å². The maximum Gasteiger partial charge on any atom is 0.413 e. The van der Waals surface area contributed by atoms with E-state index in [9.17, 15) is 19.2 Å². The van der Waals surface area contributed by atoms with E-state index >= 15 is 0 Å². The number of ether oxygens (including phenoxy) is 1. The number of nitrogens with one attached hydrogen (secondary N) is 1. The molecule has 1 N–H and O–H groups in total. The van der Waals surface area contributed by atoms with Gasteiger partial charge in [-0.2, -0.15) is 0 Å². The summed E-state index contributed by atoms with van der Waals surface area (Å²) in [5, 5.41) is 2.27. The fourth-order valence-corrected chi connectivity index (χ4v) is 1.98. The van der Waals surface area contributed by atoms with Crippen LogP contribution in [0.25, 0.3) is 0 Å². The molecule has 0 aliphatic rings. The number of benzene rings is 1. The SMILES string of the molecule is Cn1c(NC(=O)OCc2ccccc2)c(C=O)c(=O)n(C)c1=O. The molecule has 0 bridgehead atoms. The highest BCUT2D eigenvalue weighted by atomic mass is 16.5. The van der Waals surface area contributed by atoms with Crippen LogP contribution in [0.1, 0.15) is 15.9 Å². The van der Waals surface area contributed by atoms with Crippen LogP contribution in [-0.2, 0) is 25.4 Å². The standard InChI is InChI=1S/C15H15N3O5/c1-17-12(11(8-19)13(20)18(2)15(17)22)16-14(21)23-9-10-6-4-3-5-7-10/h3-8H,9H2,1-2H3,(H,16,21). The van der Waals surface area contributed by atoms with E-state index in [1.807, 2.05) is 6.07 Å². The topological polar surface area (TPSA) is 99.4 Å². The van der Waals surface area contributed by atoms with E-state index in [1.54, 1.807) is 24.3 Å².